The molecule has 0 saturated heterocycles. The van der Waals surface area contributed by atoms with Crippen molar-refractivity contribution in [3.05, 3.63) is 35.4 Å². The Kier molecular flexibility index (Phi) is 6.94. The number of nitrogens with one attached hydrogen (secondary N) is 1. The van der Waals surface area contributed by atoms with Gasteiger partial charge in [0.25, 0.3) is 0 Å². The van der Waals surface area contributed by atoms with Crippen LogP contribution in [0, 0.1) is 0 Å². The minimum Gasteiger partial charge on any atom is -0.383 e. The van der Waals surface area contributed by atoms with Crippen LogP contribution in [0.2, 0.25) is 0 Å². The van der Waals surface area contributed by atoms with Gasteiger partial charge < -0.3 is 10.1 Å². The molecule has 1 N–H and O–H groups in total. The van der Waals surface area contributed by atoms with Crippen molar-refractivity contribution >= 4 is 0 Å². The van der Waals surface area contributed by atoms with Gasteiger partial charge in [-0.15, -0.1) is 0 Å². The highest BCUT2D eigenvalue weighted by Crippen LogP contribution is 2.10. The first-order valence-corrected chi connectivity index (χ1v) is 6.66. The molecular formula is C15H26N2O. The summed E-state index contributed by atoms with van der Waals surface area (Å²) >= 11 is 0. The molecule has 1 unspecified atom stereocenters. The zero-order chi connectivity index (χ0) is 13.4. The monoisotopic (exact) mass is 250 g/mol. The molecule has 1 rings (SSSR count). The fourth-order valence-electron chi connectivity index (χ4n) is 2.13. The van der Waals surface area contributed by atoms with E-state index in [4.69, 9.17) is 4.74 Å². The maximum atomic E-state index is 5.23. The van der Waals surface area contributed by atoms with E-state index in [0.717, 1.165) is 26.2 Å². The lowest BCUT2D eigenvalue weighted by Gasteiger charge is -2.27. The van der Waals surface area contributed by atoms with Gasteiger partial charge in [0.15, 0.2) is 0 Å². The molecule has 0 radical (unpaired) electrons. The van der Waals surface area contributed by atoms with Gasteiger partial charge in [-0.3, -0.25) is 4.90 Å². The van der Waals surface area contributed by atoms with Crippen LogP contribution in [0.4, 0.5) is 0 Å². The molecule has 0 saturated carbocycles. The van der Waals surface area contributed by atoms with Gasteiger partial charge in [-0.1, -0.05) is 31.2 Å². The quantitative estimate of drug-likeness (QED) is 0.766. The zero-order valence-electron chi connectivity index (χ0n) is 12.1. The second-order valence-corrected chi connectivity index (χ2v) is 4.71. The van der Waals surface area contributed by atoms with Crippen LogP contribution in [0.25, 0.3) is 0 Å². The van der Waals surface area contributed by atoms with Gasteiger partial charge in [-0.25, -0.2) is 0 Å². The molecule has 0 bridgehead atoms. The molecule has 18 heavy (non-hydrogen) atoms. The molecule has 0 aliphatic heterocycles. The first-order chi connectivity index (χ1) is 8.71. The standard InChI is InChI=1S/C15H26N2O/c1-5-17(13(2)12-18-4)11-15-8-6-14(7-9-15)10-16-3/h6-9,13,16H,5,10-12H2,1-4H3. The molecule has 0 aromatic heterocycles. The third kappa shape index (κ3) is 4.77. The number of hydrogen-bond acceptors (Lipinski definition) is 3. The van der Waals surface area contributed by atoms with Gasteiger partial charge in [-0.05, 0) is 31.6 Å². The molecule has 1 aromatic rings. The van der Waals surface area contributed by atoms with E-state index < -0.39 is 0 Å². The molecule has 3 heteroatoms. The Balaban J connectivity index is 2.58. The van der Waals surface area contributed by atoms with Crippen molar-refractivity contribution in [3.63, 3.8) is 0 Å². The van der Waals surface area contributed by atoms with E-state index in [0.29, 0.717) is 6.04 Å². The number of methoxy groups -OCH3 is 1. The van der Waals surface area contributed by atoms with Crippen LogP contribution >= 0.6 is 0 Å². The molecule has 1 aromatic carbocycles. The fourth-order valence-corrected chi connectivity index (χ4v) is 2.13. The molecule has 0 heterocycles. The summed E-state index contributed by atoms with van der Waals surface area (Å²) < 4.78 is 5.23. The first-order valence-electron chi connectivity index (χ1n) is 6.66. The van der Waals surface area contributed by atoms with Gasteiger partial charge >= 0.3 is 0 Å². The average molecular weight is 250 g/mol. The maximum absolute atomic E-state index is 5.23. The summed E-state index contributed by atoms with van der Waals surface area (Å²) in [5.41, 5.74) is 2.69. The van der Waals surface area contributed by atoms with Crippen molar-refractivity contribution in [1.82, 2.24) is 10.2 Å². The van der Waals surface area contributed by atoms with E-state index in [1.54, 1.807) is 7.11 Å². The highest BCUT2D eigenvalue weighted by Gasteiger charge is 2.11. The van der Waals surface area contributed by atoms with Crippen molar-refractivity contribution in [3.8, 4) is 0 Å². The predicted octanol–water partition coefficient (Wildman–Crippen LogP) is 2.26. The van der Waals surface area contributed by atoms with E-state index in [2.05, 4.69) is 48.3 Å². The Morgan fingerprint density at radius 1 is 1.22 bits per heavy atom. The number of hydrogen-bond donors (Lipinski definition) is 1. The van der Waals surface area contributed by atoms with Gasteiger partial charge in [0.2, 0.25) is 0 Å². The molecule has 0 aliphatic carbocycles. The summed E-state index contributed by atoms with van der Waals surface area (Å²) in [6.07, 6.45) is 0. The summed E-state index contributed by atoms with van der Waals surface area (Å²) in [4.78, 5) is 2.43. The van der Waals surface area contributed by atoms with Crippen molar-refractivity contribution in [2.75, 3.05) is 27.3 Å². The van der Waals surface area contributed by atoms with E-state index in [1.165, 1.54) is 11.1 Å². The summed E-state index contributed by atoms with van der Waals surface area (Å²) in [6, 6.07) is 9.28. The van der Waals surface area contributed by atoms with Crippen LogP contribution in [-0.2, 0) is 17.8 Å². The van der Waals surface area contributed by atoms with E-state index >= 15 is 0 Å². The molecule has 0 amide bonds. The van der Waals surface area contributed by atoms with Crippen LogP contribution < -0.4 is 5.32 Å². The van der Waals surface area contributed by atoms with Gasteiger partial charge in [0.1, 0.15) is 0 Å². The van der Waals surface area contributed by atoms with Crippen molar-refractivity contribution in [1.29, 1.82) is 0 Å². The summed E-state index contributed by atoms with van der Waals surface area (Å²) in [6.45, 7) is 8.15. The lowest BCUT2D eigenvalue weighted by atomic mass is 10.1. The van der Waals surface area contributed by atoms with E-state index in [9.17, 15) is 0 Å². The Morgan fingerprint density at radius 3 is 2.33 bits per heavy atom. The van der Waals surface area contributed by atoms with Crippen LogP contribution in [0.5, 0.6) is 0 Å². The normalized spacial score (nSPS) is 12.9. The SMILES string of the molecule is CCN(Cc1ccc(CNC)cc1)C(C)COC. The molecule has 0 spiro atoms. The third-order valence-corrected chi connectivity index (χ3v) is 3.23. The molecule has 3 nitrogen and oxygen atoms in total. The van der Waals surface area contributed by atoms with Gasteiger partial charge in [-0.2, -0.15) is 0 Å². The number of benzene rings is 1. The first kappa shape index (κ1) is 15.2. The minimum absolute atomic E-state index is 0.456. The van der Waals surface area contributed by atoms with Crippen molar-refractivity contribution in [2.45, 2.75) is 33.0 Å². The molecular weight excluding hydrogens is 224 g/mol. The number of likely N-dealkylation sites (N-methyl/N-ethyl adjacent to an activating group) is 1. The molecule has 1 atom stereocenters. The fraction of sp³-hybridized carbons (Fsp3) is 0.600. The van der Waals surface area contributed by atoms with Crippen LogP contribution in [0.3, 0.4) is 0 Å². The Hall–Kier alpha value is -0.900. The summed E-state index contributed by atoms with van der Waals surface area (Å²) in [5, 5.41) is 3.16. The molecule has 0 fully saturated rings. The molecule has 102 valence electrons. The topological polar surface area (TPSA) is 24.5 Å². The lowest BCUT2D eigenvalue weighted by Crippen LogP contribution is -2.35. The van der Waals surface area contributed by atoms with Crippen molar-refractivity contribution < 1.29 is 4.74 Å². The average Bonchev–Trinajstić information content (AvgIpc) is 2.38. The number of nitrogens with zero attached hydrogens (tertiary/aromatic N) is 1. The third-order valence-electron chi connectivity index (χ3n) is 3.23. The largest absolute Gasteiger partial charge is 0.383 e. The van der Waals surface area contributed by atoms with Crippen molar-refractivity contribution in [2.24, 2.45) is 0 Å². The van der Waals surface area contributed by atoms with Crippen LogP contribution in [-0.4, -0.2) is 38.3 Å². The number of rotatable bonds is 8. The maximum Gasteiger partial charge on any atom is 0.0615 e. The second kappa shape index (κ2) is 8.25. The summed E-state index contributed by atoms with van der Waals surface area (Å²) in [7, 11) is 3.73. The van der Waals surface area contributed by atoms with E-state index in [1.807, 2.05) is 7.05 Å². The number of ether oxygens (including phenoxy) is 1. The van der Waals surface area contributed by atoms with E-state index in [-0.39, 0.29) is 0 Å². The Bertz CT molecular complexity index is 324. The highest BCUT2D eigenvalue weighted by atomic mass is 16.5. The predicted molar refractivity (Wildman–Crippen MR) is 76.6 cm³/mol. The second-order valence-electron chi connectivity index (χ2n) is 4.71. The summed E-state index contributed by atoms with van der Waals surface area (Å²) in [5.74, 6) is 0. The van der Waals surface area contributed by atoms with Gasteiger partial charge in [0.05, 0.1) is 6.61 Å². The Morgan fingerprint density at radius 2 is 1.83 bits per heavy atom. The highest BCUT2D eigenvalue weighted by molar-refractivity contribution is 5.22. The smallest absolute Gasteiger partial charge is 0.0615 e. The lowest BCUT2D eigenvalue weighted by molar-refractivity contribution is 0.0982. The van der Waals surface area contributed by atoms with Crippen LogP contribution in [0.1, 0.15) is 25.0 Å². The zero-order valence-corrected chi connectivity index (χ0v) is 12.1. The minimum atomic E-state index is 0.456. The molecule has 0 aliphatic rings. The Labute approximate surface area is 111 Å². The van der Waals surface area contributed by atoms with Gasteiger partial charge in [0, 0.05) is 26.2 Å². The van der Waals surface area contributed by atoms with Crippen LogP contribution in [0.15, 0.2) is 24.3 Å².